The van der Waals surface area contributed by atoms with E-state index in [0.29, 0.717) is 0 Å². The highest BCUT2D eigenvalue weighted by molar-refractivity contribution is 5.73. The van der Waals surface area contributed by atoms with Crippen molar-refractivity contribution in [3.63, 3.8) is 0 Å². The summed E-state index contributed by atoms with van der Waals surface area (Å²) in [4.78, 5) is 0. The minimum atomic E-state index is -0.891. The number of benzene rings is 3. The van der Waals surface area contributed by atoms with E-state index in [1.165, 1.54) is 5.56 Å². The topological polar surface area (TPSA) is 47.6 Å². The van der Waals surface area contributed by atoms with Crippen molar-refractivity contribution in [2.24, 2.45) is 0 Å². The Kier molecular flexibility index (Phi) is 4.26. The van der Waals surface area contributed by atoms with Gasteiger partial charge in [0.05, 0.1) is 12.1 Å². The van der Waals surface area contributed by atoms with Crippen LogP contribution in [0, 0.1) is 22.7 Å². The van der Waals surface area contributed by atoms with E-state index >= 15 is 0 Å². The van der Waals surface area contributed by atoms with Gasteiger partial charge in [-0.25, -0.2) is 0 Å². The van der Waals surface area contributed by atoms with Gasteiger partial charge < -0.3 is 0 Å². The third-order valence-corrected chi connectivity index (χ3v) is 7.74. The Labute approximate surface area is 194 Å². The standard InChI is InChI=1S/C31H22N2/c32-20-30-18-10-9-17-27-29(30)24(22-11-3-1-4-12-22)19-28(23-13-5-2-6-14-23)31(27,21-33)26-16-8-7-15-25(26)30/h1-18,24,28H,19H2/t24-,28+,30?,31?/m1/s1. The molecule has 3 aromatic rings. The van der Waals surface area contributed by atoms with E-state index in [0.717, 1.165) is 34.3 Å². The molecule has 2 unspecified atom stereocenters. The van der Waals surface area contributed by atoms with Crippen LogP contribution in [0.25, 0.3) is 0 Å². The van der Waals surface area contributed by atoms with E-state index < -0.39 is 10.8 Å². The van der Waals surface area contributed by atoms with Gasteiger partial charge in [0.2, 0.25) is 0 Å². The predicted molar refractivity (Wildman–Crippen MR) is 129 cm³/mol. The first-order valence-electron chi connectivity index (χ1n) is 11.4. The van der Waals surface area contributed by atoms with Crippen LogP contribution in [0.2, 0.25) is 0 Å². The Morgan fingerprint density at radius 3 is 2.00 bits per heavy atom. The average Bonchev–Trinajstić information content (AvgIpc) is 3.06. The lowest BCUT2D eigenvalue weighted by molar-refractivity contribution is 0.378. The molecule has 0 heterocycles. The Balaban J connectivity index is 1.78. The van der Waals surface area contributed by atoms with E-state index in [1.807, 2.05) is 48.6 Å². The van der Waals surface area contributed by atoms with Crippen molar-refractivity contribution in [3.8, 4) is 12.1 Å². The summed E-state index contributed by atoms with van der Waals surface area (Å²) < 4.78 is 0. The van der Waals surface area contributed by atoms with Gasteiger partial charge in [0, 0.05) is 11.8 Å². The van der Waals surface area contributed by atoms with E-state index in [4.69, 9.17) is 0 Å². The molecule has 0 aliphatic heterocycles. The summed E-state index contributed by atoms with van der Waals surface area (Å²) in [5.41, 5.74) is 4.58. The molecule has 0 aromatic heterocycles. The average molecular weight is 423 g/mol. The summed E-state index contributed by atoms with van der Waals surface area (Å²) in [6, 6.07) is 34.5. The molecule has 2 heteroatoms. The zero-order chi connectivity index (χ0) is 22.5. The first-order chi connectivity index (χ1) is 16.3. The van der Waals surface area contributed by atoms with Crippen molar-refractivity contribution < 1.29 is 0 Å². The quantitative estimate of drug-likeness (QED) is 0.466. The molecule has 0 saturated carbocycles. The minimum absolute atomic E-state index is 0.0340. The summed E-state index contributed by atoms with van der Waals surface area (Å²) in [5, 5.41) is 21.7. The molecule has 33 heavy (non-hydrogen) atoms. The SMILES string of the molecule is N#CC12C=CC=CC3=C1[C@@H](c1ccccc1)C[C@@H](c1ccccc1)C3(C#N)c1ccccc12. The van der Waals surface area contributed by atoms with Crippen LogP contribution in [0.3, 0.4) is 0 Å². The zero-order valence-electron chi connectivity index (χ0n) is 18.1. The van der Waals surface area contributed by atoms with Gasteiger partial charge in [0.25, 0.3) is 0 Å². The van der Waals surface area contributed by atoms with Crippen molar-refractivity contribution >= 4 is 0 Å². The van der Waals surface area contributed by atoms with Gasteiger partial charge in [-0.3, -0.25) is 0 Å². The molecule has 0 fully saturated rings. The number of rotatable bonds is 2. The number of fused-ring (bicyclic) bond motifs is 3. The Morgan fingerprint density at radius 1 is 0.697 bits per heavy atom. The molecular formula is C31H22N2. The molecule has 0 amide bonds. The third-order valence-electron chi connectivity index (χ3n) is 7.74. The number of hydrogen-bond acceptors (Lipinski definition) is 2. The van der Waals surface area contributed by atoms with Gasteiger partial charge in [-0.1, -0.05) is 109 Å². The van der Waals surface area contributed by atoms with Gasteiger partial charge >= 0.3 is 0 Å². The Morgan fingerprint density at radius 2 is 1.33 bits per heavy atom. The van der Waals surface area contributed by atoms with Gasteiger partial charge in [-0.05, 0) is 39.8 Å². The molecule has 0 radical (unpaired) electrons. The van der Waals surface area contributed by atoms with Crippen LogP contribution in [0.1, 0.15) is 40.5 Å². The second kappa shape index (κ2) is 7.19. The van der Waals surface area contributed by atoms with Crippen molar-refractivity contribution in [3.05, 3.63) is 143 Å². The van der Waals surface area contributed by atoms with E-state index in [-0.39, 0.29) is 11.8 Å². The van der Waals surface area contributed by atoms with Gasteiger partial charge in [0.15, 0.2) is 0 Å². The maximum absolute atomic E-state index is 11.0. The van der Waals surface area contributed by atoms with Crippen LogP contribution < -0.4 is 0 Å². The molecule has 0 saturated heterocycles. The van der Waals surface area contributed by atoms with Gasteiger partial charge in [-0.2, -0.15) is 10.5 Å². The molecule has 3 aliphatic rings. The Bertz CT molecular complexity index is 1410. The first-order valence-corrected chi connectivity index (χ1v) is 11.4. The van der Waals surface area contributed by atoms with Crippen LogP contribution in [-0.4, -0.2) is 0 Å². The van der Waals surface area contributed by atoms with Crippen LogP contribution in [0.5, 0.6) is 0 Å². The van der Waals surface area contributed by atoms with Crippen molar-refractivity contribution in [2.45, 2.75) is 29.1 Å². The fraction of sp³-hybridized carbons (Fsp3) is 0.161. The summed E-state index contributed by atoms with van der Waals surface area (Å²) in [6.07, 6.45) is 8.88. The molecule has 4 atom stereocenters. The highest BCUT2D eigenvalue weighted by atomic mass is 14.6. The summed E-state index contributed by atoms with van der Waals surface area (Å²) in [7, 11) is 0. The maximum atomic E-state index is 11.0. The number of nitriles is 2. The van der Waals surface area contributed by atoms with Crippen LogP contribution in [0.15, 0.2) is 120 Å². The highest BCUT2D eigenvalue weighted by Gasteiger charge is 2.60. The first kappa shape index (κ1) is 19.5. The smallest absolute Gasteiger partial charge is 0.123 e. The summed E-state index contributed by atoms with van der Waals surface area (Å²) in [6.45, 7) is 0. The zero-order valence-corrected chi connectivity index (χ0v) is 18.1. The summed E-state index contributed by atoms with van der Waals surface area (Å²) in [5.74, 6) is 0.00142. The molecule has 2 nitrogen and oxygen atoms in total. The molecular weight excluding hydrogens is 400 g/mol. The maximum Gasteiger partial charge on any atom is 0.123 e. The fourth-order valence-electron chi connectivity index (χ4n) is 6.42. The van der Waals surface area contributed by atoms with Crippen LogP contribution in [0.4, 0.5) is 0 Å². The number of nitrogens with zero attached hydrogens (tertiary/aromatic N) is 2. The van der Waals surface area contributed by atoms with Gasteiger partial charge in [-0.15, -0.1) is 0 Å². The lowest BCUT2D eigenvalue weighted by atomic mass is 9.46. The highest BCUT2D eigenvalue weighted by Crippen LogP contribution is 2.65. The predicted octanol–water partition coefficient (Wildman–Crippen LogP) is 6.62. The molecule has 0 N–H and O–H groups in total. The van der Waals surface area contributed by atoms with Crippen LogP contribution >= 0.6 is 0 Å². The number of allylic oxidation sites excluding steroid dienone is 6. The second-order valence-corrected chi connectivity index (χ2v) is 9.09. The van der Waals surface area contributed by atoms with Crippen LogP contribution in [-0.2, 0) is 10.8 Å². The lowest BCUT2D eigenvalue weighted by Crippen LogP contribution is -2.49. The normalized spacial score (nSPS) is 28.9. The molecule has 3 aliphatic carbocycles. The molecule has 3 aromatic carbocycles. The lowest BCUT2D eigenvalue weighted by Gasteiger charge is -2.53. The van der Waals surface area contributed by atoms with Gasteiger partial charge in [0.1, 0.15) is 10.8 Å². The Hall–Kier alpha value is -4.14. The second-order valence-electron chi connectivity index (χ2n) is 9.09. The van der Waals surface area contributed by atoms with E-state index in [9.17, 15) is 10.5 Å². The number of hydrogen-bond donors (Lipinski definition) is 0. The molecule has 4 bridgehead atoms. The molecule has 0 spiro atoms. The fourth-order valence-corrected chi connectivity index (χ4v) is 6.42. The van der Waals surface area contributed by atoms with Crippen molar-refractivity contribution in [1.29, 1.82) is 10.5 Å². The third kappa shape index (κ3) is 2.47. The van der Waals surface area contributed by atoms with E-state index in [1.54, 1.807) is 0 Å². The summed E-state index contributed by atoms with van der Waals surface area (Å²) >= 11 is 0. The van der Waals surface area contributed by atoms with Crippen molar-refractivity contribution in [1.82, 2.24) is 0 Å². The molecule has 156 valence electrons. The monoisotopic (exact) mass is 422 g/mol. The van der Waals surface area contributed by atoms with Crippen molar-refractivity contribution in [2.75, 3.05) is 0 Å². The largest absolute Gasteiger partial charge is 0.197 e. The molecule has 6 rings (SSSR count). The minimum Gasteiger partial charge on any atom is -0.197 e. The van der Waals surface area contributed by atoms with E-state index in [2.05, 4.69) is 72.8 Å².